The SMILES string of the molecule is C=CCN1C(=O)C(=CC=C2N(C)c3ccccc3C2(C)C)SC1=NS(=O)(=O)c1cccs1. The Balaban J connectivity index is 1.70. The summed E-state index contributed by atoms with van der Waals surface area (Å²) in [6.07, 6.45) is 5.24. The van der Waals surface area contributed by atoms with E-state index < -0.39 is 10.0 Å². The van der Waals surface area contributed by atoms with Crippen molar-refractivity contribution < 1.29 is 13.2 Å². The second-order valence-electron chi connectivity index (χ2n) is 7.87. The number of fused-ring (bicyclic) bond motifs is 1. The number of thioether (sulfide) groups is 1. The molecule has 1 amide bonds. The molecule has 1 aromatic carbocycles. The number of para-hydroxylation sites is 1. The van der Waals surface area contributed by atoms with Crippen molar-refractivity contribution in [1.29, 1.82) is 0 Å². The molecule has 0 bridgehead atoms. The first-order valence-corrected chi connectivity index (χ1v) is 13.0. The summed E-state index contributed by atoms with van der Waals surface area (Å²) in [5.41, 5.74) is 3.17. The smallest absolute Gasteiger partial charge is 0.294 e. The molecule has 4 rings (SSSR count). The van der Waals surface area contributed by atoms with Crippen LogP contribution in [0.1, 0.15) is 19.4 Å². The third-order valence-corrected chi connectivity index (χ3v) is 9.26. The number of rotatable bonds is 5. The van der Waals surface area contributed by atoms with Crippen LogP contribution in [0.5, 0.6) is 0 Å². The summed E-state index contributed by atoms with van der Waals surface area (Å²) >= 11 is 2.15. The number of carbonyl (C=O) groups excluding carboxylic acids is 1. The summed E-state index contributed by atoms with van der Waals surface area (Å²) in [5.74, 6) is -0.289. The number of amides is 1. The molecule has 1 saturated heterocycles. The molecule has 9 heteroatoms. The lowest BCUT2D eigenvalue weighted by Crippen LogP contribution is -2.29. The van der Waals surface area contributed by atoms with Crippen LogP contribution in [0.15, 0.2) is 85.8 Å². The maximum atomic E-state index is 13.0. The number of anilines is 1. The average molecular weight is 486 g/mol. The van der Waals surface area contributed by atoms with E-state index in [0.717, 1.165) is 34.5 Å². The lowest BCUT2D eigenvalue weighted by atomic mass is 9.84. The molecule has 0 aliphatic carbocycles. The molecule has 2 aliphatic heterocycles. The molecule has 32 heavy (non-hydrogen) atoms. The van der Waals surface area contributed by atoms with Crippen LogP contribution < -0.4 is 4.90 Å². The highest BCUT2D eigenvalue weighted by atomic mass is 32.2. The Labute approximate surface area is 196 Å². The Hall–Kier alpha value is -2.62. The molecule has 6 nitrogen and oxygen atoms in total. The van der Waals surface area contributed by atoms with Crippen molar-refractivity contribution in [3.8, 4) is 0 Å². The average Bonchev–Trinajstić information content (AvgIpc) is 3.43. The zero-order valence-corrected chi connectivity index (χ0v) is 20.4. The topological polar surface area (TPSA) is 70.1 Å². The monoisotopic (exact) mass is 485 g/mol. The summed E-state index contributed by atoms with van der Waals surface area (Å²) in [7, 11) is -1.88. The highest BCUT2D eigenvalue weighted by molar-refractivity contribution is 8.19. The second-order valence-corrected chi connectivity index (χ2v) is 11.7. The standard InChI is InChI=1S/C23H23N3O3S3/c1-5-14-26-21(27)18(31-22(26)24-32(28,29)20-11-8-15-30-20)12-13-19-23(2,3)16-9-6-7-10-17(16)25(19)4/h5-13,15H,1,14H2,2-4H3. The molecule has 0 N–H and O–H groups in total. The summed E-state index contributed by atoms with van der Waals surface area (Å²) in [6.45, 7) is 8.15. The summed E-state index contributed by atoms with van der Waals surface area (Å²) in [5, 5.41) is 1.81. The van der Waals surface area contributed by atoms with Gasteiger partial charge in [-0.15, -0.1) is 22.3 Å². The number of benzene rings is 1. The second kappa shape index (κ2) is 8.38. The fourth-order valence-electron chi connectivity index (χ4n) is 3.89. The van der Waals surface area contributed by atoms with Gasteiger partial charge in [0.1, 0.15) is 4.21 Å². The van der Waals surface area contributed by atoms with Gasteiger partial charge in [0.25, 0.3) is 15.9 Å². The normalized spacial score (nSPS) is 21.7. The van der Waals surface area contributed by atoms with Crippen LogP contribution in [0.25, 0.3) is 0 Å². The van der Waals surface area contributed by atoms with Crippen LogP contribution >= 0.6 is 23.1 Å². The number of allylic oxidation sites excluding steroid dienone is 3. The molecule has 0 saturated carbocycles. The number of carbonyl (C=O) groups is 1. The minimum Gasteiger partial charge on any atom is -0.347 e. The number of hydrogen-bond acceptors (Lipinski definition) is 6. The van der Waals surface area contributed by atoms with E-state index in [-0.39, 0.29) is 27.2 Å². The van der Waals surface area contributed by atoms with E-state index >= 15 is 0 Å². The number of thiophene rings is 1. The predicted molar refractivity (Wildman–Crippen MR) is 132 cm³/mol. The van der Waals surface area contributed by atoms with Crippen molar-refractivity contribution in [3.05, 3.63) is 82.8 Å². The van der Waals surface area contributed by atoms with E-state index in [4.69, 9.17) is 0 Å². The molecule has 1 aromatic heterocycles. The lowest BCUT2D eigenvalue weighted by Gasteiger charge is -2.23. The zero-order valence-electron chi connectivity index (χ0n) is 18.0. The molecule has 0 atom stereocenters. The van der Waals surface area contributed by atoms with Crippen molar-refractivity contribution in [3.63, 3.8) is 0 Å². The zero-order chi connectivity index (χ0) is 23.1. The van der Waals surface area contributed by atoms with Crippen LogP contribution in [0.3, 0.4) is 0 Å². The van der Waals surface area contributed by atoms with Crippen LogP contribution in [-0.2, 0) is 20.2 Å². The largest absolute Gasteiger partial charge is 0.347 e. The summed E-state index contributed by atoms with van der Waals surface area (Å²) in [4.78, 5) is 16.9. The minimum atomic E-state index is -3.89. The van der Waals surface area contributed by atoms with E-state index in [1.807, 2.05) is 25.3 Å². The van der Waals surface area contributed by atoms with Crippen molar-refractivity contribution in [2.75, 3.05) is 18.5 Å². The van der Waals surface area contributed by atoms with Crippen LogP contribution in [-0.4, -0.2) is 38.0 Å². The van der Waals surface area contributed by atoms with E-state index in [1.54, 1.807) is 23.6 Å². The highest BCUT2D eigenvalue weighted by Gasteiger charge is 2.38. The summed E-state index contributed by atoms with van der Waals surface area (Å²) in [6, 6.07) is 11.4. The van der Waals surface area contributed by atoms with Crippen LogP contribution in [0.4, 0.5) is 5.69 Å². The van der Waals surface area contributed by atoms with Gasteiger partial charge in [0.15, 0.2) is 5.17 Å². The Morgan fingerprint density at radius 2 is 1.91 bits per heavy atom. The van der Waals surface area contributed by atoms with E-state index in [2.05, 4.69) is 41.9 Å². The van der Waals surface area contributed by atoms with Crippen molar-refractivity contribution in [2.45, 2.75) is 23.5 Å². The third-order valence-electron chi connectivity index (χ3n) is 5.48. The summed E-state index contributed by atoms with van der Waals surface area (Å²) < 4.78 is 29.4. The quantitative estimate of drug-likeness (QED) is 0.452. The molecule has 1 fully saturated rings. The Morgan fingerprint density at radius 3 is 2.56 bits per heavy atom. The lowest BCUT2D eigenvalue weighted by molar-refractivity contribution is -0.121. The van der Waals surface area contributed by atoms with Gasteiger partial charge in [0.05, 0.1) is 4.91 Å². The first-order chi connectivity index (χ1) is 15.2. The first kappa shape index (κ1) is 22.6. The molecule has 166 valence electrons. The van der Waals surface area contributed by atoms with Crippen molar-refractivity contribution in [1.82, 2.24) is 4.90 Å². The van der Waals surface area contributed by atoms with Crippen molar-refractivity contribution >= 4 is 49.9 Å². The van der Waals surface area contributed by atoms with Gasteiger partial charge in [-0.1, -0.05) is 44.2 Å². The van der Waals surface area contributed by atoms with E-state index in [1.165, 1.54) is 16.5 Å². The van der Waals surface area contributed by atoms with Gasteiger partial charge < -0.3 is 4.90 Å². The molecular formula is C23H23N3O3S3. The van der Waals surface area contributed by atoms with Crippen LogP contribution in [0.2, 0.25) is 0 Å². The Morgan fingerprint density at radius 1 is 1.16 bits per heavy atom. The Bertz CT molecular complexity index is 1270. The maximum absolute atomic E-state index is 13.0. The van der Waals surface area contributed by atoms with Gasteiger partial charge in [-0.2, -0.15) is 8.42 Å². The highest BCUT2D eigenvalue weighted by Crippen LogP contribution is 2.46. The fourth-order valence-corrected chi connectivity index (χ4v) is 6.99. The number of sulfonamides is 1. The molecule has 0 unspecified atom stereocenters. The third kappa shape index (κ3) is 3.85. The number of nitrogens with zero attached hydrogens (tertiary/aromatic N) is 3. The number of amidine groups is 1. The molecule has 3 heterocycles. The molecular weight excluding hydrogens is 462 g/mol. The molecule has 2 aliphatic rings. The van der Waals surface area contributed by atoms with E-state index in [9.17, 15) is 13.2 Å². The maximum Gasteiger partial charge on any atom is 0.294 e. The molecule has 0 spiro atoms. The van der Waals surface area contributed by atoms with Gasteiger partial charge in [-0.3, -0.25) is 9.69 Å². The Kier molecular flexibility index (Phi) is 5.91. The van der Waals surface area contributed by atoms with Gasteiger partial charge >= 0.3 is 0 Å². The van der Waals surface area contributed by atoms with Crippen LogP contribution in [0, 0.1) is 0 Å². The van der Waals surface area contributed by atoms with Gasteiger partial charge in [-0.25, -0.2) is 0 Å². The fraction of sp³-hybridized carbons (Fsp3) is 0.217. The minimum absolute atomic E-state index is 0.135. The van der Waals surface area contributed by atoms with Crippen molar-refractivity contribution in [2.24, 2.45) is 4.40 Å². The number of hydrogen-bond donors (Lipinski definition) is 0. The number of likely N-dealkylation sites (N-methyl/N-ethyl adjacent to an activating group) is 1. The van der Waals surface area contributed by atoms with Gasteiger partial charge in [-0.05, 0) is 47.0 Å². The molecule has 0 radical (unpaired) electrons. The van der Waals surface area contributed by atoms with Gasteiger partial charge in [0, 0.05) is 30.4 Å². The predicted octanol–water partition coefficient (Wildman–Crippen LogP) is 4.75. The van der Waals surface area contributed by atoms with Gasteiger partial charge in [0.2, 0.25) is 0 Å². The van der Waals surface area contributed by atoms with E-state index in [0.29, 0.717) is 4.91 Å². The first-order valence-electron chi connectivity index (χ1n) is 9.91. The molecule has 2 aromatic rings.